The van der Waals surface area contributed by atoms with Gasteiger partial charge in [0.25, 0.3) is 0 Å². The molecule has 7 nitrogen and oxygen atoms in total. The van der Waals surface area contributed by atoms with Crippen molar-refractivity contribution in [3.8, 4) is 0 Å². The molecule has 0 aliphatic carbocycles. The zero-order chi connectivity index (χ0) is 16.2. The maximum absolute atomic E-state index is 12.1. The van der Waals surface area contributed by atoms with Crippen LogP contribution in [0.3, 0.4) is 0 Å². The van der Waals surface area contributed by atoms with Crippen LogP contribution in [0, 0.1) is 11.8 Å². The summed E-state index contributed by atoms with van der Waals surface area (Å²) in [5.41, 5.74) is -0.652. The molecule has 3 atom stereocenters. The topological polar surface area (TPSA) is 96.3 Å². The van der Waals surface area contributed by atoms with Crippen LogP contribution in [0.25, 0.3) is 0 Å². The van der Waals surface area contributed by atoms with Crippen LogP contribution in [-0.4, -0.2) is 65.2 Å². The highest BCUT2D eigenvalue weighted by Gasteiger charge is 2.42. The Labute approximate surface area is 124 Å². The van der Waals surface area contributed by atoms with Crippen LogP contribution in [0.5, 0.6) is 0 Å². The number of aliphatic hydroxyl groups excluding tert-OH is 2. The second-order valence-corrected chi connectivity index (χ2v) is 6.18. The van der Waals surface area contributed by atoms with E-state index in [1.807, 2.05) is 0 Å². The molecule has 1 fully saturated rings. The average molecular weight is 303 g/mol. The first-order chi connectivity index (χ1) is 9.69. The predicted molar refractivity (Wildman–Crippen MR) is 74.5 cm³/mol. The fourth-order valence-electron chi connectivity index (χ4n) is 2.24. The number of esters is 1. The monoisotopic (exact) mass is 303 g/mol. The molecular formula is C14H25NO6. The maximum atomic E-state index is 12.1. The van der Waals surface area contributed by atoms with Crippen LogP contribution in [0.4, 0.5) is 4.79 Å². The van der Waals surface area contributed by atoms with E-state index in [2.05, 4.69) is 0 Å². The molecule has 1 saturated heterocycles. The summed E-state index contributed by atoms with van der Waals surface area (Å²) in [6.07, 6.45) is -1.60. The van der Waals surface area contributed by atoms with Crippen molar-refractivity contribution in [3.05, 3.63) is 0 Å². The molecule has 1 amide bonds. The van der Waals surface area contributed by atoms with Crippen LogP contribution in [0.2, 0.25) is 0 Å². The number of likely N-dealkylation sites (tertiary alicyclic amines) is 1. The van der Waals surface area contributed by atoms with Crippen molar-refractivity contribution in [1.82, 2.24) is 4.90 Å². The molecule has 21 heavy (non-hydrogen) atoms. The summed E-state index contributed by atoms with van der Waals surface area (Å²) in [6, 6.07) is 0. The first-order valence-corrected chi connectivity index (χ1v) is 7.13. The number of nitrogens with zero attached hydrogens (tertiary/aromatic N) is 1. The second kappa shape index (κ2) is 7.09. The van der Waals surface area contributed by atoms with Crippen molar-refractivity contribution >= 4 is 12.1 Å². The summed E-state index contributed by atoms with van der Waals surface area (Å²) >= 11 is 0. The normalized spacial score (nSPS) is 26.4. The lowest BCUT2D eigenvalue weighted by molar-refractivity contribution is -0.158. The lowest BCUT2D eigenvalue weighted by atomic mass is 9.86. The van der Waals surface area contributed by atoms with Crippen LogP contribution >= 0.6 is 0 Å². The third kappa shape index (κ3) is 4.86. The Morgan fingerprint density at radius 1 is 1.29 bits per heavy atom. The van der Waals surface area contributed by atoms with Crippen molar-refractivity contribution in [1.29, 1.82) is 0 Å². The van der Waals surface area contributed by atoms with Gasteiger partial charge in [-0.2, -0.15) is 0 Å². The molecule has 0 saturated carbocycles. The number of carbonyl (C=O) groups excluding carboxylic acids is 2. The van der Waals surface area contributed by atoms with Gasteiger partial charge in [0.05, 0.1) is 19.3 Å². The van der Waals surface area contributed by atoms with Gasteiger partial charge in [0.1, 0.15) is 11.5 Å². The molecule has 2 N–H and O–H groups in total. The standard InChI is InChI=1S/C14H25NO6/c1-5-20-12(18)10-7-15(6-9(8-16)11(10)17)13(19)21-14(2,3)4/h9-11,16-17H,5-8H2,1-4H3/t9-,10-,11+/m1/s1. The highest BCUT2D eigenvalue weighted by molar-refractivity contribution is 5.75. The summed E-state index contributed by atoms with van der Waals surface area (Å²) in [7, 11) is 0. The fourth-order valence-corrected chi connectivity index (χ4v) is 2.24. The van der Waals surface area contributed by atoms with Crippen LogP contribution in [0.15, 0.2) is 0 Å². The number of ether oxygens (including phenoxy) is 2. The van der Waals surface area contributed by atoms with E-state index in [9.17, 15) is 19.8 Å². The molecule has 7 heteroatoms. The first kappa shape index (κ1) is 17.7. The molecule has 1 heterocycles. The van der Waals surface area contributed by atoms with E-state index in [-0.39, 0.29) is 26.3 Å². The minimum absolute atomic E-state index is 0.0193. The first-order valence-electron chi connectivity index (χ1n) is 7.13. The van der Waals surface area contributed by atoms with E-state index in [0.29, 0.717) is 0 Å². The Hall–Kier alpha value is -1.34. The number of carbonyl (C=O) groups is 2. The minimum atomic E-state index is -1.03. The van der Waals surface area contributed by atoms with Crippen molar-refractivity contribution in [3.63, 3.8) is 0 Å². The van der Waals surface area contributed by atoms with E-state index in [4.69, 9.17) is 9.47 Å². The van der Waals surface area contributed by atoms with Gasteiger partial charge in [-0.25, -0.2) is 4.79 Å². The zero-order valence-electron chi connectivity index (χ0n) is 13.0. The van der Waals surface area contributed by atoms with Gasteiger partial charge in [-0.3, -0.25) is 4.79 Å². The van der Waals surface area contributed by atoms with E-state index >= 15 is 0 Å². The molecule has 1 aliphatic heterocycles. The van der Waals surface area contributed by atoms with Crippen molar-refractivity contribution in [2.24, 2.45) is 11.8 Å². The van der Waals surface area contributed by atoms with E-state index in [1.165, 1.54) is 4.90 Å². The summed E-state index contributed by atoms with van der Waals surface area (Å²) in [5, 5.41) is 19.5. The average Bonchev–Trinajstić information content (AvgIpc) is 2.37. The maximum Gasteiger partial charge on any atom is 0.410 e. The van der Waals surface area contributed by atoms with Gasteiger partial charge < -0.3 is 24.6 Å². The third-order valence-corrected chi connectivity index (χ3v) is 3.24. The lowest BCUT2D eigenvalue weighted by Crippen LogP contribution is -2.55. The SMILES string of the molecule is CCOC(=O)[C@@H]1CN(C(=O)OC(C)(C)C)C[C@H](CO)[C@@H]1O. The molecule has 0 spiro atoms. The van der Waals surface area contributed by atoms with Crippen molar-refractivity contribution in [2.45, 2.75) is 39.4 Å². The van der Waals surface area contributed by atoms with Gasteiger partial charge in [0.15, 0.2) is 0 Å². The molecule has 0 aromatic rings. The highest BCUT2D eigenvalue weighted by Crippen LogP contribution is 2.25. The summed E-state index contributed by atoms with van der Waals surface area (Å²) < 4.78 is 10.2. The molecule has 0 aromatic heterocycles. The van der Waals surface area contributed by atoms with E-state index in [0.717, 1.165) is 0 Å². The Kier molecular flexibility index (Phi) is 5.98. The number of piperidine rings is 1. The Bertz CT molecular complexity index is 378. The molecule has 122 valence electrons. The number of aliphatic hydroxyl groups is 2. The molecule has 1 rings (SSSR count). The third-order valence-electron chi connectivity index (χ3n) is 3.24. The van der Waals surface area contributed by atoms with E-state index in [1.54, 1.807) is 27.7 Å². The molecular weight excluding hydrogens is 278 g/mol. The van der Waals surface area contributed by atoms with Gasteiger partial charge in [-0.1, -0.05) is 0 Å². The number of rotatable bonds is 3. The van der Waals surface area contributed by atoms with Gasteiger partial charge in [0, 0.05) is 19.0 Å². The van der Waals surface area contributed by atoms with Gasteiger partial charge in [0.2, 0.25) is 0 Å². The number of hydrogen-bond acceptors (Lipinski definition) is 6. The van der Waals surface area contributed by atoms with E-state index < -0.39 is 35.6 Å². The molecule has 0 radical (unpaired) electrons. The van der Waals surface area contributed by atoms with Crippen LogP contribution in [-0.2, 0) is 14.3 Å². The molecule has 0 aromatic carbocycles. The summed E-state index contributed by atoms with van der Waals surface area (Å²) in [6.45, 7) is 6.94. The smallest absolute Gasteiger partial charge is 0.410 e. The molecule has 1 aliphatic rings. The fraction of sp³-hybridized carbons (Fsp3) is 0.857. The highest BCUT2D eigenvalue weighted by atomic mass is 16.6. The zero-order valence-corrected chi connectivity index (χ0v) is 13.0. The molecule has 0 unspecified atom stereocenters. The van der Waals surface area contributed by atoms with Gasteiger partial charge in [-0.15, -0.1) is 0 Å². The second-order valence-electron chi connectivity index (χ2n) is 6.18. The largest absolute Gasteiger partial charge is 0.466 e. The van der Waals surface area contributed by atoms with Gasteiger partial charge in [-0.05, 0) is 27.7 Å². The molecule has 0 bridgehead atoms. The van der Waals surface area contributed by atoms with Crippen LogP contribution < -0.4 is 0 Å². The Balaban J connectivity index is 2.83. The Morgan fingerprint density at radius 3 is 2.38 bits per heavy atom. The summed E-state index contributed by atoms with van der Waals surface area (Å²) in [5.74, 6) is -2.04. The Morgan fingerprint density at radius 2 is 1.90 bits per heavy atom. The lowest BCUT2D eigenvalue weighted by Gasteiger charge is -2.39. The predicted octanol–water partition coefficient (Wildman–Crippen LogP) is 0.386. The van der Waals surface area contributed by atoms with Gasteiger partial charge >= 0.3 is 12.1 Å². The van der Waals surface area contributed by atoms with Crippen molar-refractivity contribution in [2.75, 3.05) is 26.3 Å². The van der Waals surface area contributed by atoms with Crippen molar-refractivity contribution < 1.29 is 29.3 Å². The van der Waals surface area contributed by atoms with Crippen LogP contribution in [0.1, 0.15) is 27.7 Å². The number of amides is 1. The summed E-state index contributed by atoms with van der Waals surface area (Å²) in [4.78, 5) is 25.3. The minimum Gasteiger partial charge on any atom is -0.466 e. The number of hydrogen-bond donors (Lipinski definition) is 2. The quantitative estimate of drug-likeness (QED) is 0.732.